The van der Waals surface area contributed by atoms with E-state index in [-0.39, 0.29) is 10.0 Å². The van der Waals surface area contributed by atoms with E-state index in [2.05, 4.69) is 25.1 Å². The second kappa shape index (κ2) is 3.35. The summed E-state index contributed by atoms with van der Waals surface area (Å²) in [6.45, 7) is 0. The van der Waals surface area contributed by atoms with Gasteiger partial charge in [0.05, 0.1) is 6.20 Å². The Hall–Kier alpha value is -1.48. The molecule has 0 saturated heterocycles. The molecule has 0 aromatic carbocycles. The molecule has 9 heteroatoms. The number of rotatable bonds is 3. The number of nitrogens with zero attached hydrogens (tertiary/aromatic N) is 3. The summed E-state index contributed by atoms with van der Waals surface area (Å²) in [7, 11) is -3.58. The van der Waals surface area contributed by atoms with Gasteiger partial charge in [0.1, 0.15) is 10.4 Å². The molecule has 0 fully saturated rings. The van der Waals surface area contributed by atoms with Gasteiger partial charge in [-0.1, -0.05) is 11.3 Å². The van der Waals surface area contributed by atoms with Crippen LogP contribution in [0.2, 0.25) is 0 Å². The van der Waals surface area contributed by atoms with Crippen LogP contribution in [0.15, 0.2) is 22.8 Å². The minimum absolute atomic E-state index is 0.0627. The normalized spacial score (nSPS) is 11.4. The molecule has 0 unspecified atom stereocenters. The number of hydrogen-bond acceptors (Lipinski definition) is 6. The second-order valence-electron chi connectivity index (χ2n) is 2.28. The lowest BCUT2D eigenvalue weighted by Gasteiger charge is -1.99. The standard InChI is InChI=1S/C5H5N5O2S2/c11-14(12,4-1-6-7-2-4)10-5-9-8-3-13-5/h1-3H,(H,6,7)(H,9,10). The summed E-state index contributed by atoms with van der Waals surface area (Å²) in [4.78, 5) is 0.0627. The summed E-state index contributed by atoms with van der Waals surface area (Å²) in [6.07, 6.45) is 2.49. The molecule has 0 saturated carbocycles. The van der Waals surface area contributed by atoms with E-state index in [1.54, 1.807) is 0 Å². The first-order chi connectivity index (χ1) is 6.68. The summed E-state index contributed by atoms with van der Waals surface area (Å²) >= 11 is 1.10. The van der Waals surface area contributed by atoms with Crippen molar-refractivity contribution in [2.45, 2.75) is 4.90 Å². The van der Waals surface area contributed by atoms with Gasteiger partial charge in [-0.05, 0) is 0 Å². The zero-order valence-electron chi connectivity index (χ0n) is 6.71. The van der Waals surface area contributed by atoms with Crippen LogP contribution in [0.3, 0.4) is 0 Å². The summed E-state index contributed by atoms with van der Waals surface area (Å²) < 4.78 is 25.3. The highest BCUT2D eigenvalue weighted by atomic mass is 32.2. The van der Waals surface area contributed by atoms with Crippen LogP contribution in [0.4, 0.5) is 5.13 Å². The zero-order chi connectivity index (χ0) is 10.0. The van der Waals surface area contributed by atoms with Gasteiger partial charge in [-0.15, -0.1) is 10.2 Å². The molecule has 2 aromatic heterocycles. The Bertz CT molecular complexity index is 488. The first-order valence-electron chi connectivity index (χ1n) is 3.46. The molecule has 74 valence electrons. The Morgan fingerprint density at radius 3 is 2.93 bits per heavy atom. The van der Waals surface area contributed by atoms with E-state index in [1.165, 1.54) is 17.9 Å². The first-order valence-corrected chi connectivity index (χ1v) is 5.82. The SMILES string of the molecule is O=S(=O)(Nc1nncs1)c1cn[nH]c1. The molecule has 2 aromatic rings. The Labute approximate surface area is 83.2 Å². The molecular weight excluding hydrogens is 226 g/mol. The lowest BCUT2D eigenvalue weighted by molar-refractivity contribution is 0.601. The predicted octanol–water partition coefficient (Wildman–Crippen LogP) is 0.0620. The third-order valence-electron chi connectivity index (χ3n) is 1.37. The fraction of sp³-hybridized carbons (Fsp3) is 0. The van der Waals surface area contributed by atoms with Gasteiger partial charge in [0.25, 0.3) is 10.0 Å². The van der Waals surface area contributed by atoms with Gasteiger partial charge in [0.15, 0.2) is 0 Å². The molecule has 2 rings (SSSR count). The lowest BCUT2D eigenvalue weighted by atomic mass is 10.7. The van der Waals surface area contributed by atoms with Gasteiger partial charge in [-0.25, -0.2) is 8.42 Å². The number of aromatic amines is 1. The van der Waals surface area contributed by atoms with E-state index in [4.69, 9.17) is 0 Å². The van der Waals surface area contributed by atoms with Crippen molar-refractivity contribution in [1.82, 2.24) is 20.4 Å². The molecule has 2 N–H and O–H groups in total. The summed E-state index contributed by atoms with van der Waals surface area (Å²) in [6, 6.07) is 0. The first kappa shape index (κ1) is 9.09. The van der Waals surface area contributed by atoms with Crippen LogP contribution in [0.25, 0.3) is 0 Å². The van der Waals surface area contributed by atoms with Crippen molar-refractivity contribution in [3.63, 3.8) is 0 Å². The molecule has 0 bridgehead atoms. The Kier molecular flexibility index (Phi) is 2.17. The van der Waals surface area contributed by atoms with Crippen molar-refractivity contribution < 1.29 is 8.42 Å². The van der Waals surface area contributed by atoms with Crippen LogP contribution in [-0.4, -0.2) is 28.8 Å². The summed E-state index contributed by atoms with van der Waals surface area (Å²) in [5, 5.41) is 13.2. The third-order valence-corrected chi connectivity index (χ3v) is 3.41. The second-order valence-corrected chi connectivity index (χ2v) is 4.80. The Morgan fingerprint density at radius 1 is 1.50 bits per heavy atom. The Balaban J connectivity index is 2.27. The largest absolute Gasteiger partial charge is 0.284 e. The van der Waals surface area contributed by atoms with Gasteiger partial charge < -0.3 is 0 Å². The van der Waals surface area contributed by atoms with E-state index < -0.39 is 10.0 Å². The highest BCUT2D eigenvalue weighted by Gasteiger charge is 2.16. The number of nitrogens with one attached hydrogen (secondary N) is 2. The predicted molar refractivity (Wildman–Crippen MR) is 49.3 cm³/mol. The van der Waals surface area contributed by atoms with Crippen molar-refractivity contribution in [2.75, 3.05) is 4.72 Å². The van der Waals surface area contributed by atoms with Crippen molar-refractivity contribution >= 4 is 26.5 Å². The van der Waals surface area contributed by atoms with Crippen molar-refractivity contribution in [2.24, 2.45) is 0 Å². The van der Waals surface area contributed by atoms with Crippen LogP contribution in [-0.2, 0) is 10.0 Å². The fourth-order valence-corrected chi connectivity index (χ4v) is 2.38. The van der Waals surface area contributed by atoms with Crippen molar-refractivity contribution in [3.8, 4) is 0 Å². The number of sulfonamides is 1. The van der Waals surface area contributed by atoms with Crippen molar-refractivity contribution in [3.05, 3.63) is 17.9 Å². The topological polar surface area (TPSA) is 101 Å². The zero-order valence-corrected chi connectivity index (χ0v) is 8.34. The minimum Gasteiger partial charge on any atom is -0.284 e. The number of anilines is 1. The molecule has 7 nitrogen and oxygen atoms in total. The van der Waals surface area contributed by atoms with E-state index in [1.807, 2.05) is 0 Å². The summed E-state index contributed by atoms with van der Waals surface area (Å²) in [5.41, 5.74) is 1.44. The van der Waals surface area contributed by atoms with Crippen LogP contribution < -0.4 is 4.72 Å². The van der Waals surface area contributed by atoms with Gasteiger partial charge in [0, 0.05) is 6.20 Å². The maximum atomic E-state index is 11.5. The van der Waals surface area contributed by atoms with Gasteiger partial charge >= 0.3 is 0 Å². The summed E-state index contributed by atoms with van der Waals surface area (Å²) in [5.74, 6) is 0. The quantitative estimate of drug-likeness (QED) is 0.778. The number of H-pyrrole nitrogens is 1. The molecule has 0 spiro atoms. The highest BCUT2D eigenvalue weighted by molar-refractivity contribution is 7.93. The molecule has 0 aliphatic rings. The smallest absolute Gasteiger partial charge is 0.266 e. The van der Waals surface area contributed by atoms with Gasteiger partial charge in [-0.2, -0.15) is 5.10 Å². The van der Waals surface area contributed by atoms with Crippen LogP contribution in [0.1, 0.15) is 0 Å². The maximum absolute atomic E-state index is 11.5. The molecule has 2 heterocycles. The van der Waals surface area contributed by atoms with E-state index in [0.29, 0.717) is 0 Å². The minimum atomic E-state index is -3.58. The van der Waals surface area contributed by atoms with Crippen LogP contribution in [0, 0.1) is 0 Å². The van der Waals surface area contributed by atoms with Gasteiger partial charge in [0.2, 0.25) is 5.13 Å². The molecule has 0 aliphatic carbocycles. The Morgan fingerprint density at radius 2 is 2.36 bits per heavy atom. The molecule has 0 atom stereocenters. The third kappa shape index (κ3) is 1.72. The van der Waals surface area contributed by atoms with Gasteiger partial charge in [-0.3, -0.25) is 9.82 Å². The highest BCUT2D eigenvalue weighted by Crippen LogP contribution is 2.14. The molecule has 14 heavy (non-hydrogen) atoms. The molecule has 0 radical (unpaired) electrons. The van der Waals surface area contributed by atoms with E-state index in [0.717, 1.165) is 11.3 Å². The number of aromatic nitrogens is 4. The maximum Gasteiger partial charge on any atom is 0.266 e. The van der Waals surface area contributed by atoms with E-state index in [9.17, 15) is 8.42 Å². The van der Waals surface area contributed by atoms with E-state index >= 15 is 0 Å². The molecule has 0 aliphatic heterocycles. The number of hydrogen-bond donors (Lipinski definition) is 2. The average Bonchev–Trinajstić information content (AvgIpc) is 2.71. The van der Waals surface area contributed by atoms with Crippen LogP contribution >= 0.6 is 11.3 Å². The lowest BCUT2D eigenvalue weighted by Crippen LogP contribution is -2.11. The average molecular weight is 231 g/mol. The monoisotopic (exact) mass is 231 g/mol. The van der Waals surface area contributed by atoms with Crippen molar-refractivity contribution in [1.29, 1.82) is 0 Å². The fourth-order valence-electron chi connectivity index (χ4n) is 0.777. The molecule has 0 amide bonds. The molecular formula is C5H5N5O2S2. The van der Waals surface area contributed by atoms with Crippen LogP contribution in [0.5, 0.6) is 0 Å².